The number of ether oxygens (including phenoxy) is 2. The van der Waals surface area contributed by atoms with Crippen molar-refractivity contribution in [1.29, 1.82) is 0 Å². The molecule has 0 spiro atoms. The average molecular weight is 271 g/mol. The molecule has 0 bridgehead atoms. The predicted molar refractivity (Wildman–Crippen MR) is 67.3 cm³/mol. The summed E-state index contributed by atoms with van der Waals surface area (Å²) in [5, 5.41) is 0. The van der Waals surface area contributed by atoms with Gasteiger partial charge in [-0.25, -0.2) is 4.39 Å². The maximum atomic E-state index is 12.9. The van der Waals surface area contributed by atoms with Crippen LogP contribution in [0.5, 0.6) is 0 Å². The van der Waals surface area contributed by atoms with E-state index in [1.165, 1.54) is 0 Å². The predicted octanol–water partition coefficient (Wildman–Crippen LogP) is 1.35. The Morgan fingerprint density at radius 3 is 2.84 bits per heavy atom. The minimum absolute atomic E-state index is 0.132. The van der Waals surface area contributed by atoms with Gasteiger partial charge >= 0.3 is 5.97 Å². The van der Waals surface area contributed by atoms with E-state index >= 15 is 0 Å². The van der Waals surface area contributed by atoms with Crippen LogP contribution < -0.4 is 5.56 Å². The summed E-state index contributed by atoms with van der Waals surface area (Å²) >= 11 is 0. The van der Waals surface area contributed by atoms with Gasteiger partial charge in [0.25, 0.3) is 5.56 Å². The van der Waals surface area contributed by atoms with Crippen LogP contribution in [0.25, 0.3) is 0 Å². The van der Waals surface area contributed by atoms with Crippen molar-refractivity contribution in [2.24, 2.45) is 0 Å². The lowest BCUT2D eigenvalue weighted by molar-refractivity contribution is -0.146. The molecular weight excluding hydrogens is 253 g/mol. The molecule has 0 saturated heterocycles. The first-order chi connectivity index (χ1) is 9.13. The molecule has 0 aliphatic carbocycles. The monoisotopic (exact) mass is 271 g/mol. The molecule has 0 atom stereocenters. The van der Waals surface area contributed by atoms with Crippen molar-refractivity contribution in [3.63, 3.8) is 0 Å². The molecule has 0 unspecified atom stereocenters. The fourth-order valence-corrected chi connectivity index (χ4v) is 1.37. The van der Waals surface area contributed by atoms with Crippen molar-refractivity contribution in [1.82, 2.24) is 4.57 Å². The highest BCUT2D eigenvalue weighted by atomic mass is 19.1. The first-order valence-electron chi connectivity index (χ1n) is 6.23. The maximum Gasteiger partial charge on any atom is 0.326 e. The van der Waals surface area contributed by atoms with Crippen molar-refractivity contribution in [3.05, 3.63) is 34.5 Å². The number of nitrogens with zero attached hydrogens (tertiary/aromatic N) is 1. The highest BCUT2D eigenvalue weighted by molar-refractivity contribution is 5.69. The highest BCUT2D eigenvalue weighted by Gasteiger charge is 2.06. The molecule has 0 aromatic carbocycles. The zero-order valence-corrected chi connectivity index (χ0v) is 10.9. The number of halogens is 1. The summed E-state index contributed by atoms with van der Waals surface area (Å²) in [6, 6.07) is 2.11. The van der Waals surface area contributed by atoms with E-state index in [1.54, 1.807) is 0 Å². The number of esters is 1. The zero-order valence-electron chi connectivity index (χ0n) is 10.9. The van der Waals surface area contributed by atoms with Crippen LogP contribution >= 0.6 is 0 Å². The van der Waals surface area contributed by atoms with Crippen LogP contribution in [0.15, 0.2) is 23.1 Å². The second kappa shape index (κ2) is 8.42. The lowest BCUT2D eigenvalue weighted by Crippen LogP contribution is -2.25. The lowest BCUT2D eigenvalue weighted by atomic mass is 10.4. The molecule has 1 aromatic heterocycles. The summed E-state index contributed by atoms with van der Waals surface area (Å²) in [4.78, 5) is 22.7. The smallest absolute Gasteiger partial charge is 0.326 e. The third kappa shape index (κ3) is 6.15. The second-order valence-electron chi connectivity index (χ2n) is 4.00. The van der Waals surface area contributed by atoms with Crippen LogP contribution in [0, 0.1) is 5.82 Å². The molecule has 0 saturated carbocycles. The SMILES string of the molecule is CCCCOCCOC(=O)Cn1cc(F)ccc1=O. The number of rotatable bonds is 8. The quantitative estimate of drug-likeness (QED) is 0.529. The van der Waals surface area contributed by atoms with Gasteiger partial charge in [-0.1, -0.05) is 13.3 Å². The fraction of sp³-hybridized carbons (Fsp3) is 0.538. The molecule has 0 aliphatic heterocycles. The van der Waals surface area contributed by atoms with Gasteiger partial charge in [0.2, 0.25) is 0 Å². The van der Waals surface area contributed by atoms with Gasteiger partial charge in [-0.05, 0) is 12.5 Å². The maximum absolute atomic E-state index is 12.9. The number of carbonyl (C=O) groups excluding carboxylic acids is 1. The first kappa shape index (κ1) is 15.4. The number of hydrogen-bond acceptors (Lipinski definition) is 4. The molecular formula is C13H18FNO4. The van der Waals surface area contributed by atoms with Gasteiger partial charge < -0.3 is 14.0 Å². The Morgan fingerprint density at radius 2 is 2.11 bits per heavy atom. The van der Waals surface area contributed by atoms with Crippen molar-refractivity contribution in [3.8, 4) is 0 Å². The largest absolute Gasteiger partial charge is 0.462 e. The minimum Gasteiger partial charge on any atom is -0.462 e. The lowest BCUT2D eigenvalue weighted by Gasteiger charge is -2.07. The number of carbonyl (C=O) groups is 1. The van der Waals surface area contributed by atoms with Crippen LogP contribution in [0.1, 0.15) is 19.8 Å². The van der Waals surface area contributed by atoms with E-state index in [0.717, 1.165) is 35.7 Å². The van der Waals surface area contributed by atoms with Crippen molar-refractivity contribution < 1.29 is 18.7 Å². The Labute approximate surface area is 110 Å². The van der Waals surface area contributed by atoms with Crippen LogP contribution in [-0.2, 0) is 20.8 Å². The summed E-state index contributed by atoms with van der Waals surface area (Å²) in [7, 11) is 0. The van der Waals surface area contributed by atoms with Gasteiger partial charge in [-0.15, -0.1) is 0 Å². The van der Waals surface area contributed by atoms with E-state index in [0.29, 0.717) is 13.2 Å². The number of pyridine rings is 1. The van der Waals surface area contributed by atoms with Crippen LogP contribution in [0.2, 0.25) is 0 Å². The van der Waals surface area contributed by atoms with Crippen molar-refractivity contribution in [2.75, 3.05) is 19.8 Å². The summed E-state index contributed by atoms with van der Waals surface area (Å²) < 4.78 is 23.9. The summed E-state index contributed by atoms with van der Waals surface area (Å²) in [5.74, 6) is -1.16. The number of unbranched alkanes of at least 4 members (excludes halogenated alkanes) is 1. The van der Waals surface area contributed by atoms with E-state index in [-0.39, 0.29) is 13.2 Å². The Balaban J connectivity index is 2.27. The van der Waals surface area contributed by atoms with E-state index in [9.17, 15) is 14.0 Å². The number of aromatic nitrogens is 1. The standard InChI is InChI=1S/C13H18FNO4/c1-2-3-6-18-7-8-19-13(17)10-15-9-11(14)4-5-12(15)16/h4-5,9H,2-3,6-8,10H2,1H3. The third-order valence-corrected chi connectivity index (χ3v) is 2.38. The van der Waals surface area contributed by atoms with Crippen LogP contribution in [0.4, 0.5) is 4.39 Å². The highest BCUT2D eigenvalue weighted by Crippen LogP contribution is 1.93. The minimum atomic E-state index is -0.591. The molecule has 0 amide bonds. The summed E-state index contributed by atoms with van der Waals surface area (Å²) in [5.41, 5.74) is -0.447. The van der Waals surface area contributed by atoms with E-state index in [2.05, 4.69) is 6.92 Å². The molecule has 1 rings (SSSR count). The van der Waals surface area contributed by atoms with Crippen LogP contribution in [-0.4, -0.2) is 30.4 Å². The Bertz CT molecular complexity index is 458. The van der Waals surface area contributed by atoms with E-state index in [4.69, 9.17) is 9.47 Å². The van der Waals surface area contributed by atoms with E-state index in [1.807, 2.05) is 0 Å². The van der Waals surface area contributed by atoms with Gasteiger partial charge in [-0.3, -0.25) is 9.59 Å². The fourth-order valence-electron chi connectivity index (χ4n) is 1.37. The molecule has 0 aliphatic rings. The Morgan fingerprint density at radius 1 is 1.32 bits per heavy atom. The molecule has 1 aromatic rings. The van der Waals surface area contributed by atoms with Crippen molar-refractivity contribution >= 4 is 5.97 Å². The van der Waals surface area contributed by atoms with Gasteiger partial charge in [0.15, 0.2) is 0 Å². The molecule has 5 nitrogen and oxygen atoms in total. The van der Waals surface area contributed by atoms with Gasteiger partial charge in [0, 0.05) is 18.9 Å². The molecule has 0 fully saturated rings. The normalized spacial score (nSPS) is 10.4. The molecule has 106 valence electrons. The van der Waals surface area contributed by atoms with Gasteiger partial charge in [0.1, 0.15) is 19.0 Å². The van der Waals surface area contributed by atoms with E-state index < -0.39 is 17.3 Å². The van der Waals surface area contributed by atoms with Gasteiger partial charge in [-0.2, -0.15) is 0 Å². The summed E-state index contributed by atoms with van der Waals surface area (Å²) in [6.07, 6.45) is 2.98. The molecule has 0 radical (unpaired) electrons. The van der Waals surface area contributed by atoms with Gasteiger partial charge in [0.05, 0.1) is 6.61 Å². The molecule has 19 heavy (non-hydrogen) atoms. The third-order valence-electron chi connectivity index (χ3n) is 2.38. The summed E-state index contributed by atoms with van der Waals surface area (Å²) in [6.45, 7) is 2.85. The Kier molecular flexibility index (Phi) is 6.81. The van der Waals surface area contributed by atoms with Crippen molar-refractivity contribution in [2.45, 2.75) is 26.3 Å². The molecule has 1 heterocycles. The topological polar surface area (TPSA) is 57.5 Å². The average Bonchev–Trinajstić information content (AvgIpc) is 2.38. The number of hydrogen-bond donors (Lipinski definition) is 0. The zero-order chi connectivity index (χ0) is 14.1. The second-order valence-corrected chi connectivity index (χ2v) is 4.00. The molecule has 6 heteroatoms. The Hall–Kier alpha value is -1.69. The first-order valence-corrected chi connectivity index (χ1v) is 6.23. The van der Waals surface area contributed by atoms with Crippen LogP contribution in [0.3, 0.4) is 0 Å². The molecule has 0 N–H and O–H groups in total.